The molecule has 0 heterocycles. The Hall–Kier alpha value is -0.810. The molecule has 4 aliphatic carbocycles. The number of aliphatic hydroxyl groups excluding tert-OH is 1. The summed E-state index contributed by atoms with van der Waals surface area (Å²) in [5, 5.41) is 20.6. The Kier molecular flexibility index (Phi) is 5.93. The molecule has 0 radical (unpaired) electrons. The molecule has 2 heteroatoms. The minimum Gasteiger partial charge on any atom is -0.393 e. The van der Waals surface area contributed by atoms with Crippen LogP contribution in [0.2, 0.25) is 0 Å². The highest BCUT2D eigenvalue weighted by Gasteiger charge is 2.61. The fourth-order valence-electron chi connectivity index (χ4n) is 8.73. The van der Waals surface area contributed by atoms with E-state index in [1.54, 1.807) is 5.57 Å². The van der Waals surface area contributed by atoms with Gasteiger partial charge >= 0.3 is 0 Å². The molecule has 0 aromatic carbocycles. The first-order valence-electron chi connectivity index (χ1n) is 13.0. The zero-order chi connectivity index (χ0) is 21.7. The monoisotopic (exact) mass is 411 g/mol. The van der Waals surface area contributed by atoms with E-state index in [9.17, 15) is 10.4 Å². The predicted octanol–water partition coefficient (Wildman–Crippen LogP) is 7.43. The summed E-state index contributed by atoms with van der Waals surface area (Å²) in [6, 6.07) is 2.77. The number of allylic oxidation sites excluding steroid dienone is 2. The van der Waals surface area contributed by atoms with Crippen molar-refractivity contribution in [1.82, 2.24) is 0 Å². The first kappa shape index (κ1) is 22.4. The zero-order valence-electron chi connectivity index (χ0n) is 20.3. The van der Waals surface area contributed by atoms with Gasteiger partial charge in [0.1, 0.15) is 0 Å². The van der Waals surface area contributed by atoms with Crippen molar-refractivity contribution in [1.29, 1.82) is 5.26 Å². The van der Waals surface area contributed by atoms with E-state index in [-0.39, 0.29) is 16.9 Å². The van der Waals surface area contributed by atoms with Crippen molar-refractivity contribution in [2.45, 2.75) is 118 Å². The van der Waals surface area contributed by atoms with Crippen molar-refractivity contribution in [3.05, 3.63) is 11.1 Å². The molecule has 0 aromatic rings. The van der Waals surface area contributed by atoms with Crippen molar-refractivity contribution in [2.75, 3.05) is 0 Å². The van der Waals surface area contributed by atoms with Crippen LogP contribution in [0.3, 0.4) is 0 Å². The Balaban J connectivity index is 1.60. The Labute approximate surface area is 185 Å². The Morgan fingerprint density at radius 2 is 1.80 bits per heavy atom. The highest BCUT2D eigenvalue weighted by atomic mass is 16.3. The Morgan fingerprint density at radius 1 is 1.03 bits per heavy atom. The molecule has 0 saturated heterocycles. The summed E-state index contributed by atoms with van der Waals surface area (Å²) in [5.74, 6) is 3.07. The van der Waals surface area contributed by atoms with Crippen LogP contribution in [0.4, 0.5) is 0 Å². The van der Waals surface area contributed by atoms with Crippen LogP contribution in [0.25, 0.3) is 0 Å². The third-order valence-electron chi connectivity index (χ3n) is 10.6. The first-order valence-corrected chi connectivity index (χ1v) is 13.0. The third kappa shape index (κ3) is 3.30. The quantitative estimate of drug-likeness (QED) is 0.478. The van der Waals surface area contributed by atoms with Gasteiger partial charge in [-0.3, -0.25) is 0 Å². The van der Waals surface area contributed by atoms with E-state index in [1.807, 2.05) is 5.57 Å². The lowest BCUT2D eigenvalue weighted by Gasteiger charge is -2.60. The van der Waals surface area contributed by atoms with Crippen LogP contribution < -0.4 is 0 Å². The molecule has 0 aliphatic heterocycles. The molecular weight excluding hydrogens is 366 g/mol. The molecule has 4 rings (SSSR count). The van der Waals surface area contributed by atoms with E-state index >= 15 is 0 Å². The normalized spacial score (nSPS) is 44.3. The zero-order valence-corrected chi connectivity index (χ0v) is 20.3. The molecule has 0 amide bonds. The van der Waals surface area contributed by atoms with Gasteiger partial charge in [0.05, 0.1) is 17.6 Å². The Bertz CT molecular complexity index is 731. The van der Waals surface area contributed by atoms with E-state index in [0.29, 0.717) is 17.8 Å². The van der Waals surface area contributed by atoms with E-state index in [1.165, 1.54) is 44.9 Å². The van der Waals surface area contributed by atoms with E-state index in [0.717, 1.165) is 43.4 Å². The summed E-state index contributed by atoms with van der Waals surface area (Å²) in [6.45, 7) is 12.2. The Morgan fingerprint density at radius 3 is 2.50 bits per heavy atom. The van der Waals surface area contributed by atoms with E-state index in [2.05, 4.69) is 40.7 Å². The maximum absolute atomic E-state index is 10.4. The van der Waals surface area contributed by atoms with Gasteiger partial charge in [0.2, 0.25) is 0 Å². The molecule has 0 bridgehead atoms. The number of rotatable bonds is 5. The number of hydrogen-bond acceptors (Lipinski definition) is 2. The van der Waals surface area contributed by atoms with Crippen molar-refractivity contribution >= 4 is 0 Å². The molecule has 1 N–H and O–H groups in total. The number of nitrogens with zero attached hydrogens (tertiary/aromatic N) is 1. The van der Waals surface area contributed by atoms with Crippen molar-refractivity contribution in [3.8, 4) is 6.07 Å². The largest absolute Gasteiger partial charge is 0.393 e. The second-order valence-corrected chi connectivity index (χ2v) is 12.5. The number of hydrogen-bond donors (Lipinski definition) is 1. The van der Waals surface area contributed by atoms with Crippen LogP contribution >= 0.6 is 0 Å². The van der Waals surface area contributed by atoms with Crippen LogP contribution in [-0.4, -0.2) is 11.2 Å². The van der Waals surface area contributed by atoms with Gasteiger partial charge in [-0.25, -0.2) is 0 Å². The van der Waals surface area contributed by atoms with Crippen LogP contribution in [0.5, 0.6) is 0 Å². The molecular formula is C28H45NO. The molecule has 0 spiro atoms. The number of fused-ring (bicyclic) bond motifs is 4. The second kappa shape index (κ2) is 7.95. The standard InChI is InChI=1S/C28H45NO/c1-19(2)7-6-8-20(3)23-9-10-24-22-12-16-28(18-29)17-21(30)11-15-27(28,5)25(22)13-14-26(23,24)4/h19-21,23,25,30H,6-17H2,1-5H3/t20-,21-,23-,25+,26-,27-,28+/m1/s1. The lowest BCUT2D eigenvalue weighted by molar-refractivity contribution is -0.0786. The predicted molar refractivity (Wildman–Crippen MR) is 124 cm³/mol. The summed E-state index contributed by atoms with van der Waals surface area (Å²) < 4.78 is 0. The number of aliphatic hydroxyl groups is 1. The summed E-state index contributed by atoms with van der Waals surface area (Å²) >= 11 is 0. The lowest BCUT2D eigenvalue weighted by atomic mass is 9.43. The third-order valence-corrected chi connectivity index (χ3v) is 10.6. The second-order valence-electron chi connectivity index (χ2n) is 12.5. The van der Waals surface area contributed by atoms with Gasteiger partial charge in [-0.1, -0.05) is 65.0 Å². The SMILES string of the molecule is CC(C)CCC[C@@H](C)[C@H]1CCC2=C3CC[C@@]4(C#N)C[C@H](O)CC[C@]4(C)[C@H]3CC[C@@]21C. The highest BCUT2D eigenvalue weighted by molar-refractivity contribution is 5.37. The van der Waals surface area contributed by atoms with Gasteiger partial charge in [0, 0.05) is 0 Å². The van der Waals surface area contributed by atoms with Crippen molar-refractivity contribution in [2.24, 2.45) is 39.9 Å². The van der Waals surface area contributed by atoms with Gasteiger partial charge in [0.25, 0.3) is 0 Å². The van der Waals surface area contributed by atoms with Crippen LogP contribution in [0.1, 0.15) is 112 Å². The minimum absolute atomic E-state index is 0.0594. The molecule has 0 aromatic heterocycles. The fraction of sp³-hybridized carbons (Fsp3) is 0.893. The lowest BCUT2D eigenvalue weighted by Crippen LogP contribution is -2.54. The minimum atomic E-state index is -0.310. The van der Waals surface area contributed by atoms with E-state index < -0.39 is 0 Å². The molecule has 168 valence electrons. The maximum atomic E-state index is 10.4. The topological polar surface area (TPSA) is 44.0 Å². The van der Waals surface area contributed by atoms with Gasteiger partial charge in [-0.15, -0.1) is 0 Å². The fourth-order valence-corrected chi connectivity index (χ4v) is 8.73. The smallest absolute Gasteiger partial charge is 0.0696 e. The van der Waals surface area contributed by atoms with Crippen LogP contribution in [-0.2, 0) is 0 Å². The van der Waals surface area contributed by atoms with Gasteiger partial charge in [-0.2, -0.15) is 5.26 Å². The summed E-state index contributed by atoms with van der Waals surface area (Å²) in [6.07, 6.45) is 13.8. The summed E-state index contributed by atoms with van der Waals surface area (Å²) in [4.78, 5) is 0. The molecule has 0 unspecified atom stereocenters. The molecule has 3 fully saturated rings. The van der Waals surface area contributed by atoms with Crippen LogP contribution in [0.15, 0.2) is 11.1 Å². The average molecular weight is 412 g/mol. The van der Waals surface area contributed by atoms with Crippen LogP contribution in [0, 0.1) is 51.2 Å². The van der Waals surface area contributed by atoms with Gasteiger partial charge in [-0.05, 0) is 92.3 Å². The summed E-state index contributed by atoms with van der Waals surface area (Å²) in [5.41, 5.74) is 3.74. The molecule has 3 saturated carbocycles. The maximum Gasteiger partial charge on any atom is 0.0696 e. The number of nitriles is 1. The first-order chi connectivity index (χ1) is 14.2. The highest BCUT2D eigenvalue weighted by Crippen LogP contribution is 2.69. The van der Waals surface area contributed by atoms with Crippen molar-refractivity contribution in [3.63, 3.8) is 0 Å². The summed E-state index contributed by atoms with van der Waals surface area (Å²) in [7, 11) is 0. The van der Waals surface area contributed by atoms with E-state index in [4.69, 9.17) is 0 Å². The molecule has 2 nitrogen and oxygen atoms in total. The molecule has 7 atom stereocenters. The van der Waals surface area contributed by atoms with Gasteiger partial charge < -0.3 is 5.11 Å². The molecule has 4 aliphatic rings. The van der Waals surface area contributed by atoms with Gasteiger partial charge in [0.15, 0.2) is 0 Å². The average Bonchev–Trinajstić information content (AvgIpc) is 3.05. The van der Waals surface area contributed by atoms with Crippen molar-refractivity contribution < 1.29 is 5.11 Å². The molecule has 30 heavy (non-hydrogen) atoms.